The van der Waals surface area contributed by atoms with Crippen molar-refractivity contribution in [2.24, 2.45) is 0 Å². The van der Waals surface area contributed by atoms with Gasteiger partial charge in [0.25, 0.3) is 0 Å². The van der Waals surface area contributed by atoms with Crippen molar-refractivity contribution < 1.29 is 0 Å². The lowest BCUT2D eigenvalue weighted by atomic mass is 9.96. The van der Waals surface area contributed by atoms with E-state index < -0.39 is 0 Å². The van der Waals surface area contributed by atoms with Crippen LogP contribution in [0.2, 0.25) is 0 Å². The summed E-state index contributed by atoms with van der Waals surface area (Å²) in [5, 5.41) is 12.8. The maximum Gasteiger partial charge on any atom is 0.0468 e. The molecule has 10 rings (SSSR count). The van der Waals surface area contributed by atoms with Crippen molar-refractivity contribution in [1.29, 1.82) is 0 Å². The van der Waals surface area contributed by atoms with Crippen LogP contribution in [-0.2, 0) is 0 Å². The molecule has 0 spiro atoms. The van der Waals surface area contributed by atoms with E-state index in [-0.39, 0.29) is 0 Å². The molecule has 1 heterocycles. The van der Waals surface area contributed by atoms with E-state index in [2.05, 4.69) is 181 Å². The molecule has 0 saturated heterocycles. The molecule has 9 aromatic carbocycles. The Labute approximate surface area is 282 Å². The van der Waals surface area contributed by atoms with Crippen molar-refractivity contribution >= 4 is 91.7 Å². The predicted molar refractivity (Wildman–Crippen MR) is 209 cm³/mol. The molecule has 224 valence electrons. The van der Waals surface area contributed by atoms with Gasteiger partial charge in [-0.05, 0) is 109 Å². The van der Waals surface area contributed by atoms with Crippen molar-refractivity contribution in [2.75, 3.05) is 4.90 Å². The zero-order chi connectivity index (χ0) is 31.6. The van der Waals surface area contributed by atoms with Crippen molar-refractivity contribution in [3.8, 4) is 11.1 Å². The van der Waals surface area contributed by atoms with E-state index in [9.17, 15) is 0 Å². The van der Waals surface area contributed by atoms with Gasteiger partial charge in [0, 0.05) is 37.2 Å². The summed E-state index contributed by atoms with van der Waals surface area (Å²) in [5.74, 6) is 0. The first-order chi connectivity index (χ1) is 23.8. The fourth-order valence-corrected chi connectivity index (χ4v) is 8.57. The Morgan fingerprint density at radius 2 is 0.917 bits per heavy atom. The van der Waals surface area contributed by atoms with Crippen LogP contribution in [0.4, 0.5) is 17.1 Å². The summed E-state index contributed by atoms with van der Waals surface area (Å²) in [6.45, 7) is 0. The van der Waals surface area contributed by atoms with Crippen molar-refractivity contribution in [3.63, 3.8) is 0 Å². The Morgan fingerprint density at radius 1 is 0.312 bits per heavy atom. The molecule has 0 fully saturated rings. The molecule has 0 N–H and O–H groups in total. The van der Waals surface area contributed by atoms with Gasteiger partial charge in [-0.15, -0.1) is 11.3 Å². The van der Waals surface area contributed by atoms with Crippen LogP contribution in [0.15, 0.2) is 176 Å². The maximum atomic E-state index is 2.40. The number of rotatable bonds is 4. The molecule has 0 aliphatic heterocycles. The van der Waals surface area contributed by atoms with E-state index in [1.165, 1.54) is 74.4 Å². The van der Waals surface area contributed by atoms with Gasteiger partial charge in [0.2, 0.25) is 0 Å². The number of thiophene rings is 1. The highest BCUT2D eigenvalue weighted by atomic mass is 32.1. The monoisotopic (exact) mass is 627 g/mol. The largest absolute Gasteiger partial charge is 0.310 e. The Hall–Kier alpha value is -5.96. The van der Waals surface area contributed by atoms with E-state index >= 15 is 0 Å². The van der Waals surface area contributed by atoms with Crippen LogP contribution in [0.3, 0.4) is 0 Å². The molecule has 48 heavy (non-hydrogen) atoms. The summed E-state index contributed by atoms with van der Waals surface area (Å²) < 4.78 is 2.67. The molecule has 0 radical (unpaired) electrons. The highest BCUT2D eigenvalue weighted by Crippen LogP contribution is 2.42. The molecule has 10 aromatic rings. The number of fused-ring (bicyclic) bond motifs is 9. The molecule has 1 nitrogen and oxygen atoms in total. The van der Waals surface area contributed by atoms with Gasteiger partial charge in [-0.2, -0.15) is 0 Å². The van der Waals surface area contributed by atoms with Crippen LogP contribution < -0.4 is 4.90 Å². The average Bonchev–Trinajstić information content (AvgIpc) is 3.51. The molecule has 0 bridgehead atoms. The predicted octanol–water partition coefficient (Wildman–Crippen LogP) is 13.8. The smallest absolute Gasteiger partial charge is 0.0468 e. The summed E-state index contributed by atoms with van der Waals surface area (Å²) >= 11 is 1.87. The van der Waals surface area contributed by atoms with Crippen LogP contribution in [0.5, 0.6) is 0 Å². The Kier molecular flexibility index (Phi) is 6.12. The van der Waals surface area contributed by atoms with E-state index in [4.69, 9.17) is 0 Å². The molecular formula is C46H29NS. The molecular weight excluding hydrogens is 599 g/mol. The summed E-state index contributed by atoms with van der Waals surface area (Å²) in [6, 6.07) is 64.6. The first-order valence-corrected chi connectivity index (χ1v) is 17.2. The summed E-state index contributed by atoms with van der Waals surface area (Å²) in [6.07, 6.45) is 0. The van der Waals surface area contributed by atoms with Gasteiger partial charge in [0.05, 0.1) is 0 Å². The fourth-order valence-electron chi connectivity index (χ4n) is 7.44. The third kappa shape index (κ3) is 4.38. The number of anilines is 3. The van der Waals surface area contributed by atoms with Gasteiger partial charge < -0.3 is 4.90 Å². The quantitative estimate of drug-likeness (QED) is 0.176. The minimum absolute atomic E-state index is 1.13. The van der Waals surface area contributed by atoms with E-state index in [0.717, 1.165) is 17.1 Å². The van der Waals surface area contributed by atoms with Crippen LogP contribution in [0, 0.1) is 0 Å². The molecule has 0 unspecified atom stereocenters. The van der Waals surface area contributed by atoms with Crippen LogP contribution in [0.1, 0.15) is 0 Å². The second kappa shape index (κ2) is 10.8. The third-order valence-electron chi connectivity index (χ3n) is 9.78. The summed E-state index contributed by atoms with van der Waals surface area (Å²) in [4.78, 5) is 2.40. The fraction of sp³-hybridized carbons (Fsp3) is 0. The molecule has 0 atom stereocenters. The molecule has 0 aliphatic carbocycles. The van der Waals surface area contributed by atoms with Gasteiger partial charge >= 0.3 is 0 Å². The molecule has 0 amide bonds. The number of benzene rings is 9. The zero-order valence-corrected chi connectivity index (χ0v) is 26.9. The van der Waals surface area contributed by atoms with Gasteiger partial charge in [0.15, 0.2) is 0 Å². The Morgan fingerprint density at radius 3 is 1.77 bits per heavy atom. The zero-order valence-electron chi connectivity index (χ0n) is 26.1. The molecule has 0 aliphatic rings. The first kappa shape index (κ1) is 27.2. The Bertz CT molecular complexity index is 2830. The van der Waals surface area contributed by atoms with Crippen LogP contribution >= 0.6 is 11.3 Å². The van der Waals surface area contributed by atoms with Gasteiger partial charge in [-0.25, -0.2) is 0 Å². The van der Waals surface area contributed by atoms with E-state index in [1.807, 2.05) is 11.3 Å². The van der Waals surface area contributed by atoms with E-state index in [0.29, 0.717) is 0 Å². The highest BCUT2D eigenvalue weighted by molar-refractivity contribution is 7.25. The maximum absolute atomic E-state index is 2.40. The van der Waals surface area contributed by atoms with Crippen LogP contribution in [-0.4, -0.2) is 0 Å². The first-order valence-electron chi connectivity index (χ1n) is 16.4. The number of hydrogen-bond donors (Lipinski definition) is 0. The third-order valence-corrected chi connectivity index (χ3v) is 10.9. The van der Waals surface area contributed by atoms with Gasteiger partial charge in [0.1, 0.15) is 0 Å². The van der Waals surface area contributed by atoms with Crippen LogP contribution in [0.25, 0.3) is 74.4 Å². The second-order valence-corrected chi connectivity index (χ2v) is 13.7. The van der Waals surface area contributed by atoms with Gasteiger partial charge in [-0.3, -0.25) is 0 Å². The van der Waals surface area contributed by atoms with Crippen molar-refractivity contribution in [2.45, 2.75) is 0 Å². The minimum Gasteiger partial charge on any atom is -0.310 e. The van der Waals surface area contributed by atoms with Gasteiger partial charge in [-0.1, -0.05) is 121 Å². The molecule has 0 saturated carbocycles. The lowest BCUT2D eigenvalue weighted by molar-refractivity contribution is 1.29. The number of nitrogens with zero attached hydrogens (tertiary/aromatic N) is 1. The van der Waals surface area contributed by atoms with E-state index in [1.54, 1.807) is 0 Å². The number of hydrogen-bond acceptors (Lipinski definition) is 2. The lowest BCUT2D eigenvalue weighted by Crippen LogP contribution is -2.10. The standard InChI is InChI=1S/C46H29NS/c1-2-8-30(9-3-1)31-18-21-37(22-19-31)47(38-23-20-34-29-45-43(28-36(34)27-38)42-12-6-7-13-44(42)48-45)39-24-25-41-35(26-39)17-16-33-15-14-32-10-4-5-11-40(32)46(33)41/h1-29H. The summed E-state index contributed by atoms with van der Waals surface area (Å²) in [5.41, 5.74) is 5.83. The Balaban J connectivity index is 1.17. The van der Waals surface area contributed by atoms with Crippen molar-refractivity contribution in [3.05, 3.63) is 176 Å². The van der Waals surface area contributed by atoms with Crippen molar-refractivity contribution in [1.82, 2.24) is 0 Å². The normalized spacial score (nSPS) is 11.8. The molecule has 1 aromatic heterocycles. The topological polar surface area (TPSA) is 3.24 Å². The molecule has 2 heteroatoms. The summed E-state index contributed by atoms with van der Waals surface area (Å²) in [7, 11) is 0. The average molecular weight is 628 g/mol. The second-order valence-electron chi connectivity index (χ2n) is 12.6. The highest BCUT2D eigenvalue weighted by Gasteiger charge is 2.16. The minimum atomic E-state index is 1.13. The SMILES string of the molecule is c1ccc(-c2ccc(N(c3ccc4cc5sc6ccccc6c5cc4c3)c3ccc4c(ccc5ccc6ccccc6c54)c3)cc2)cc1. The lowest BCUT2D eigenvalue weighted by Gasteiger charge is -2.26.